The van der Waals surface area contributed by atoms with Gasteiger partial charge in [-0.2, -0.15) is 0 Å². The molecule has 0 fully saturated rings. The first-order valence-electron chi connectivity index (χ1n) is 4.52. The Morgan fingerprint density at radius 1 is 1.27 bits per heavy atom. The highest BCUT2D eigenvalue weighted by Crippen LogP contribution is 2.19. The summed E-state index contributed by atoms with van der Waals surface area (Å²) in [5.74, 6) is -1.74. The van der Waals surface area contributed by atoms with E-state index in [4.69, 9.17) is 0 Å². The molecule has 1 N–H and O–H groups in total. The Hall–Kier alpha value is -1.84. The van der Waals surface area contributed by atoms with Crippen molar-refractivity contribution in [2.24, 2.45) is 0 Å². The lowest BCUT2D eigenvalue weighted by Crippen LogP contribution is -2.55. The zero-order chi connectivity index (χ0) is 11.5. The summed E-state index contributed by atoms with van der Waals surface area (Å²) < 4.78 is 0. The summed E-state index contributed by atoms with van der Waals surface area (Å²) in [7, 11) is 0. The van der Waals surface area contributed by atoms with Gasteiger partial charge in [0, 0.05) is 6.92 Å². The molecule has 1 atom stereocenters. The number of rotatable bonds is 3. The van der Waals surface area contributed by atoms with Gasteiger partial charge in [0.1, 0.15) is 5.54 Å². The highest BCUT2D eigenvalue weighted by molar-refractivity contribution is 5.85. The molecule has 1 unspecified atom stereocenters. The van der Waals surface area contributed by atoms with E-state index in [1.54, 1.807) is 30.3 Å². The van der Waals surface area contributed by atoms with E-state index >= 15 is 0 Å². The second-order valence-electron chi connectivity index (χ2n) is 3.46. The van der Waals surface area contributed by atoms with Crippen LogP contribution in [-0.4, -0.2) is 11.9 Å². The van der Waals surface area contributed by atoms with Crippen molar-refractivity contribution >= 4 is 11.9 Å². The van der Waals surface area contributed by atoms with Crippen LogP contribution in [0, 0.1) is 0 Å². The molecule has 80 valence electrons. The predicted molar refractivity (Wildman–Crippen MR) is 52.6 cm³/mol. The Kier molecular flexibility index (Phi) is 3.09. The maximum absolute atomic E-state index is 11.0. The molecule has 0 aliphatic carbocycles. The highest BCUT2D eigenvalue weighted by Gasteiger charge is 2.28. The number of carboxylic acid groups (broad SMARTS) is 1. The number of carboxylic acids is 1. The SMILES string of the molecule is CC(=O)NC(C)(C(=O)[O-])c1ccccc1. The molecule has 0 saturated heterocycles. The highest BCUT2D eigenvalue weighted by atomic mass is 16.4. The van der Waals surface area contributed by atoms with Crippen molar-refractivity contribution in [1.82, 2.24) is 5.32 Å². The Morgan fingerprint density at radius 3 is 2.20 bits per heavy atom. The minimum atomic E-state index is -1.48. The predicted octanol–water partition coefficient (Wildman–Crippen LogP) is -0.212. The second-order valence-corrected chi connectivity index (χ2v) is 3.46. The van der Waals surface area contributed by atoms with Crippen molar-refractivity contribution in [3.05, 3.63) is 35.9 Å². The average molecular weight is 206 g/mol. The third-order valence-electron chi connectivity index (χ3n) is 2.19. The van der Waals surface area contributed by atoms with E-state index in [2.05, 4.69) is 5.32 Å². The fraction of sp³-hybridized carbons (Fsp3) is 0.273. The number of carbonyl (C=O) groups excluding carboxylic acids is 2. The van der Waals surface area contributed by atoms with Crippen LogP contribution >= 0.6 is 0 Å². The van der Waals surface area contributed by atoms with E-state index in [0.29, 0.717) is 5.56 Å². The monoisotopic (exact) mass is 206 g/mol. The molecule has 15 heavy (non-hydrogen) atoms. The van der Waals surface area contributed by atoms with Gasteiger partial charge in [0.2, 0.25) is 5.91 Å². The summed E-state index contributed by atoms with van der Waals surface area (Å²) >= 11 is 0. The fourth-order valence-corrected chi connectivity index (χ4v) is 1.36. The molecule has 0 heterocycles. The van der Waals surface area contributed by atoms with Gasteiger partial charge in [-0.1, -0.05) is 30.3 Å². The van der Waals surface area contributed by atoms with Crippen molar-refractivity contribution in [2.45, 2.75) is 19.4 Å². The molecule has 0 spiro atoms. The largest absolute Gasteiger partial charge is 0.547 e. The number of carbonyl (C=O) groups is 2. The molecule has 1 amide bonds. The van der Waals surface area contributed by atoms with Crippen LogP contribution in [0.5, 0.6) is 0 Å². The van der Waals surface area contributed by atoms with Crippen LogP contribution in [0.1, 0.15) is 19.4 Å². The van der Waals surface area contributed by atoms with Crippen LogP contribution in [0.25, 0.3) is 0 Å². The number of nitrogens with one attached hydrogen (secondary N) is 1. The van der Waals surface area contributed by atoms with Gasteiger partial charge in [0.15, 0.2) is 0 Å². The van der Waals surface area contributed by atoms with E-state index < -0.39 is 17.4 Å². The summed E-state index contributed by atoms with van der Waals surface area (Å²) in [6.45, 7) is 2.67. The Morgan fingerprint density at radius 2 is 1.80 bits per heavy atom. The van der Waals surface area contributed by atoms with Crippen LogP contribution in [0.4, 0.5) is 0 Å². The number of hydrogen-bond acceptors (Lipinski definition) is 3. The van der Waals surface area contributed by atoms with Gasteiger partial charge in [0.05, 0.1) is 5.97 Å². The van der Waals surface area contributed by atoms with E-state index in [0.717, 1.165) is 0 Å². The Balaban J connectivity index is 3.13. The van der Waals surface area contributed by atoms with Crippen molar-refractivity contribution in [3.8, 4) is 0 Å². The smallest absolute Gasteiger partial charge is 0.217 e. The van der Waals surface area contributed by atoms with Crippen LogP contribution in [0.3, 0.4) is 0 Å². The lowest BCUT2D eigenvalue weighted by molar-refractivity contribution is -0.314. The van der Waals surface area contributed by atoms with Gasteiger partial charge in [-0.15, -0.1) is 0 Å². The van der Waals surface area contributed by atoms with Gasteiger partial charge in [-0.3, -0.25) is 4.79 Å². The first-order valence-corrected chi connectivity index (χ1v) is 4.52. The molecule has 0 radical (unpaired) electrons. The normalized spacial score (nSPS) is 14.0. The molecule has 4 nitrogen and oxygen atoms in total. The van der Waals surface area contributed by atoms with E-state index in [1.165, 1.54) is 13.8 Å². The molecule has 1 rings (SSSR count). The van der Waals surface area contributed by atoms with Gasteiger partial charge < -0.3 is 15.2 Å². The first-order chi connectivity index (χ1) is 6.97. The average Bonchev–Trinajstić information content (AvgIpc) is 2.17. The molecule has 0 aliphatic heterocycles. The van der Waals surface area contributed by atoms with Gasteiger partial charge in [-0.25, -0.2) is 0 Å². The second kappa shape index (κ2) is 4.13. The minimum absolute atomic E-state index is 0.412. The molecule has 4 heteroatoms. The van der Waals surface area contributed by atoms with Gasteiger partial charge in [-0.05, 0) is 12.5 Å². The van der Waals surface area contributed by atoms with Crippen molar-refractivity contribution in [2.75, 3.05) is 0 Å². The molecule has 0 aliphatic rings. The number of aliphatic carboxylic acids is 1. The molecule has 0 saturated carbocycles. The maximum Gasteiger partial charge on any atom is 0.217 e. The molecular formula is C11H12NO3-. The summed E-state index contributed by atoms with van der Waals surface area (Å²) in [6.07, 6.45) is 0. The van der Waals surface area contributed by atoms with Gasteiger partial charge >= 0.3 is 0 Å². The quantitative estimate of drug-likeness (QED) is 0.743. The lowest BCUT2D eigenvalue weighted by Gasteiger charge is -2.31. The van der Waals surface area contributed by atoms with E-state index in [9.17, 15) is 14.7 Å². The van der Waals surface area contributed by atoms with Gasteiger partial charge in [0.25, 0.3) is 0 Å². The lowest BCUT2D eigenvalue weighted by atomic mass is 9.92. The zero-order valence-electron chi connectivity index (χ0n) is 8.61. The molecule has 0 bridgehead atoms. The summed E-state index contributed by atoms with van der Waals surface area (Å²) in [4.78, 5) is 22.0. The van der Waals surface area contributed by atoms with Crippen LogP contribution in [0.15, 0.2) is 30.3 Å². The maximum atomic E-state index is 11.0. The summed E-state index contributed by atoms with van der Waals surface area (Å²) in [6, 6.07) is 8.45. The number of hydrogen-bond donors (Lipinski definition) is 1. The van der Waals surface area contributed by atoms with Crippen molar-refractivity contribution in [1.29, 1.82) is 0 Å². The Labute approximate surface area is 87.9 Å². The fourth-order valence-electron chi connectivity index (χ4n) is 1.36. The topological polar surface area (TPSA) is 69.2 Å². The summed E-state index contributed by atoms with van der Waals surface area (Å²) in [5, 5.41) is 13.4. The molecule has 0 aromatic heterocycles. The number of benzene rings is 1. The third-order valence-corrected chi connectivity index (χ3v) is 2.19. The minimum Gasteiger partial charge on any atom is -0.547 e. The van der Waals surface area contributed by atoms with Crippen molar-refractivity contribution in [3.63, 3.8) is 0 Å². The summed E-state index contributed by atoms with van der Waals surface area (Å²) in [5.41, 5.74) is -0.993. The Bertz CT molecular complexity index is 375. The van der Waals surface area contributed by atoms with E-state index in [1.807, 2.05) is 0 Å². The van der Waals surface area contributed by atoms with E-state index in [-0.39, 0.29) is 0 Å². The zero-order valence-corrected chi connectivity index (χ0v) is 8.61. The first kappa shape index (κ1) is 11.2. The van der Waals surface area contributed by atoms with Crippen LogP contribution in [-0.2, 0) is 15.1 Å². The molecule has 1 aromatic rings. The van der Waals surface area contributed by atoms with Crippen LogP contribution < -0.4 is 10.4 Å². The third kappa shape index (κ3) is 2.34. The standard InChI is InChI=1S/C11H13NO3/c1-8(13)12-11(2,10(14)15)9-6-4-3-5-7-9/h3-7H,1-2H3,(H,12,13)(H,14,15)/p-1. The van der Waals surface area contributed by atoms with Crippen molar-refractivity contribution < 1.29 is 14.7 Å². The molecular weight excluding hydrogens is 194 g/mol. The van der Waals surface area contributed by atoms with Crippen LogP contribution in [0.2, 0.25) is 0 Å². The number of amides is 1. The molecule has 1 aromatic carbocycles.